The quantitative estimate of drug-likeness (QED) is 0.145. The van der Waals surface area contributed by atoms with Crippen molar-refractivity contribution >= 4 is 49.4 Å². The van der Waals surface area contributed by atoms with Gasteiger partial charge in [-0.05, 0) is 154 Å². The van der Waals surface area contributed by atoms with Gasteiger partial charge in [-0.3, -0.25) is 0 Å². The molecule has 0 fully saturated rings. The Morgan fingerprint density at radius 1 is 0.266 bits per heavy atom. The van der Waals surface area contributed by atoms with Gasteiger partial charge in [0.2, 0.25) is 0 Å². The molecule has 0 saturated heterocycles. The minimum Gasteiger partial charge on any atom is -0.311 e. The third-order valence-corrected chi connectivity index (χ3v) is 13.7. The number of hydrogen-bond donors (Lipinski definition) is 0. The molecule has 0 amide bonds. The van der Waals surface area contributed by atoms with E-state index >= 15 is 0 Å². The van der Waals surface area contributed by atoms with E-state index in [9.17, 15) is 0 Å². The Balaban J connectivity index is 0.901. The molecule has 0 atom stereocenters. The molecular weight excluding hydrogens is 771 g/mol. The van der Waals surface area contributed by atoms with Crippen LogP contribution in [-0.2, 0) is 5.41 Å². The monoisotopic (exact) mass is 815 g/mol. The van der Waals surface area contributed by atoms with Crippen molar-refractivity contribution < 1.29 is 0 Å². The molecule has 11 aromatic carbocycles. The van der Waals surface area contributed by atoms with Gasteiger partial charge in [-0.15, -0.1) is 0 Å². The van der Waals surface area contributed by atoms with Crippen molar-refractivity contribution in [3.63, 3.8) is 0 Å². The normalized spacial score (nSPS) is 12.7. The predicted molar refractivity (Wildman–Crippen MR) is 273 cm³/mol. The SMILES string of the molecule is CC1(C)c2ccccc2-c2ccc(-c3ccc(N(c4ccc(-c5cccc(-c6cccc7ccccc67)c5)cc4)c4ccc(-c5ccc6c(ccc7ccccc76)c5)cc4)cc3)cc21. The third kappa shape index (κ3) is 6.40. The maximum atomic E-state index is 2.41. The van der Waals surface area contributed by atoms with E-state index in [-0.39, 0.29) is 5.41 Å². The summed E-state index contributed by atoms with van der Waals surface area (Å²) in [4.78, 5) is 2.37. The average molecular weight is 816 g/mol. The van der Waals surface area contributed by atoms with Gasteiger partial charge < -0.3 is 4.90 Å². The second kappa shape index (κ2) is 15.1. The molecular formula is C63H45N. The van der Waals surface area contributed by atoms with Crippen molar-refractivity contribution in [1.29, 1.82) is 0 Å². The Morgan fingerprint density at radius 3 is 1.42 bits per heavy atom. The molecule has 11 aromatic rings. The molecule has 0 bridgehead atoms. The molecule has 1 aliphatic rings. The molecule has 1 nitrogen and oxygen atoms in total. The van der Waals surface area contributed by atoms with Crippen molar-refractivity contribution in [3.8, 4) is 55.6 Å². The lowest BCUT2D eigenvalue weighted by Gasteiger charge is -2.26. The Bertz CT molecular complexity index is 3550. The van der Waals surface area contributed by atoms with Crippen LogP contribution < -0.4 is 4.90 Å². The number of rotatable bonds is 7. The van der Waals surface area contributed by atoms with E-state index in [1.165, 1.54) is 99.1 Å². The highest BCUT2D eigenvalue weighted by Gasteiger charge is 2.35. The standard InChI is InChI=1S/C63H45N/c1-63(2)61-20-8-7-18-59(61)60-38-30-49(41-62(60)63)44-27-35-54(36-28-44)64(53-33-25-43(26-34-53)48-29-37-58-51(40-48)22-21-46-12-4-6-17-56(46)58)52-31-23-42(24-32-52)47-14-9-15-50(39-47)57-19-10-13-45-11-3-5-16-55(45)57/h3-41H,1-2H3. The molecule has 0 saturated carbocycles. The van der Waals surface area contributed by atoms with Gasteiger partial charge in [-0.2, -0.15) is 0 Å². The molecule has 1 aliphatic carbocycles. The van der Waals surface area contributed by atoms with Crippen LogP contribution >= 0.6 is 0 Å². The van der Waals surface area contributed by atoms with Crippen LogP contribution in [0.15, 0.2) is 237 Å². The maximum absolute atomic E-state index is 2.41. The first-order valence-electron chi connectivity index (χ1n) is 22.3. The van der Waals surface area contributed by atoms with E-state index in [1.54, 1.807) is 0 Å². The van der Waals surface area contributed by atoms with Crippen LogP contribution in [0.1, 0.15) is 25.0 Å². The van der Waals surface area contributed by atoms with Crippen LogP contribution in [0.5, 0.6) is 0 Å². The lowest BCUT2D eigenvalue weighted by Crippen LogP contribution is -2.14. The predicted octanol–water partition coefficient (Wildman–Crippen LogP) is 17.6. The second-order valence-corrected chi connectivity index (χ2v) is 17.7. The summed E-state index contributed by atoms with van der Waals surface area (Å²) in [6.07, 6.45) is 0. The highest BCUT2D eigenvalue weighted by molar-refractivity contribution is 6.08. The van der Waals surface area contributed by atoms with Gasteiger partial charge in [0.1, 0.15) is 0 Å². The van der Waals surface area contributed by atoms with Crippen LogP contribution in [0.4, 0.5) is 17.1 Å². The lowest BCUT2D eigenvalue weighted by molar-refractivity contribution is 0.660. The molecule has 64 heavy (non-hydrogen) atoms. The van der Waals surface area contributed by atoms with Crippen LogP contribution in [0.25, 0.3) is 88.0 Å². The largest absolute Gasteiger partial charge is 0.311 e. The number of benzene rings is 11. The first-order chi connectivity index (χ1) is 31.5. The molecule has 0 radical (unpaired) electrons. The number of anilines is 3. The molecule has 0 spiro atoms. The van der Waals surface area contributed by atoms with Crippen LogP contribution in [0.2, 0.25) is 0 Å². The average Bonchev–Trinajstić information content (AvgIpc) is 3.59. The molecule has 302 valence electrons. The number of nitrogens with zero attached hydrogens (tertiary/aromatic N) is 1. The Kier molecular flexibility index (Phi) is 8.91. The molecule has 0 heterocycles. The van der Waals surface area contributed by atoms with Gasteiger partial charge in [-0.25, -0.2) is 0 Å². The Morgan fingerprint density at radius 2 is 0.719 bits per heavy atom. The summed E-state index contributed by atoms with van der Waals surface area (Å²) in [5.74, 6) is 0. The van der Waals surface area contributed by atoms with Gasteiger partial charge in [-0.1, -0.05) is 196 Å². The zero-order chi connectivity index (χ0) is 42.8. The van der Waals surface area contributed by atoms with Crippen molar-refractivity contribution in [2.75, 3.05) is 4.90 Å². The minimum atomic E-state index is -0.0462. The Hall–Kier alpha value is -8.00. The molecule has 0 aliphatic heterocycles. The van der Waals surface area contributed by atoms with Crippen molar-refractivity contribution in [2.24, 2.45) is 0 Å². The van der Waals surface area contributed by atoms with E-state index in [2.05, 4.69) is 255 Å². The fourth-order valence-electron chi connectivity index (χ4n) is 10.3. The van der Waals surface area contributed by atoms with Crippen LogP contribution in [0.3, 0.4) is 0 Å². The highest BCUT2D eigenvalue weighted by atomic mass is 15.1. The summed E-state index contributed by atoms with van der Waals surface area (Å²) in [6, 6.07) is 87.1. The molecule has 0 aromatic heterocycles. The first-order valence-corrected chi connectivity index (χ1v) is 22.3. The van der Waals surface area contributed by atoms with Gasteiger partial charge in [0.25, 0.3) is 0 Å². The fourth-order valence-corrected chi connectivity index (χ4v) is 10.3. The van der Waals surface area contributed by atoms with Crippen molar-refractivity contribution in [1.82, 2.24) is 0 Å². The third-order valence-electron chi connectivity index (χ3n) is 13.7. The lowest BCUT2D eigenvalue weighted by atomic mass is 9.81. The molecule has 0 unspecified atom stereocenters. The van der Waals surface area contributed by atoms with Crippen LogP contribution in [0, 0.1) is 0 Å². The smallest absolute Gasteiger partial charge is 0.0462 e. The van der Waals surface area contributed by atoms with Gasteiger partial charge in [0, 0.05) is 22.5 Å². The van der Waals surface area contributed by atoms with Gasteiger partial charge in [0.15, 0.2) is 0 Å². The second-order valence-electron chi connectivity index (χ2n) is 17.7. The molecule has 1 heteroatoms. The molecule has 0 N–H and O–H groups in total. The minimum absolute atomic E-state index is 0.0462. The summed E-state index contributed by atoms with van der Waals surface area (Å²) in [5.41, 5.74) is 18.4. The molecule has 12 rings (SSSR count). The van der Waals surface area contributed by atoms with Crippen molar-refractivity contribution in [2.45, 2.75) is 19.3 Å². The van der Waals surface area contributed by atoms with Crippen LogP contribution in [-0.4, -0.2) is 0 Å². The van der Waals surface area contributed by atoms with E-state index in [1.807, 2.05) is 0 Å². The summed E-state index contributed by atoms with van der Waals surface area (Å²) in [6.45, 7) is 4.70. The highest BCUT2D eigenvalue weighted by Crippen LogP contribution is 2.50. The first kappa shape index (κ1) is 37.7. The zero-order valence-corrected chi connectivity index (χ0v) is 36.0. The van der Waals surface area contributed by atoms with Gasteiger partial charge in [0.05, 0.1) is 0 Å². The topological polar surface area (TPSA) is 3.24 Å². The van der Waals surface area contributed by atoms with E-state index < -0.39 is 0 Å². The van der Waals surface area contributed by atoms with Gasteiger partial charge >= 0.3 is 0 Å². The van der Waals surface area contributed by atoms with Crippen molar-refractivity contribution in [3.05, 3.63) is 248 Å². The number of fused-ring (bicyclic) bond motifs is 7. The maximum Gasteiger partial charge on any atom is 0.0462 e. The Labute approximate surface area is 375 Å². The summed E-state index contributed by atoms with van der Waals surface area (Å²) in [7, 11) is 0. The fraction of sp³-hybridized carbons (Fsp3) is 0.0476. The number of hydrogen-bond acceptors (Lipinski definition) is 1. The zero-order valence-electron chi connectivity index (χ0n) is 36.0. The summed E-state index contributed by atoms with van der Waals surface area (Å²) >= 11 is 0. The van der Waals surface area contributed by atoms with E-state index in [0.29, 0.717) is 0 Å². The summed E-state index contributed by atoms with van der Waals surface area (Å²) < 4.78 is 0. The van der Waals surface area contributed by atoms with E-state index in [0.717, 1.165) is 17.1 Å². The van der Waals surface area contributed by atoms with E-state index in [4.69, 9.17) is 0 Å². The summed E-state index contributed by atoms with van der Waals surface area (Å²) in [5, 5.41) is 7.61.